The SMILES string of the molecule is CCCC1CCC(N)(Cc2c(F)cccc2Cl)CC1. The quantitative estimate of drug-likeness (QED) is 0.851. The minimum atomic E-state index is -0.282. The molecule has 3 heteroatoms. The van der Waals surface area contributed by atoms with E-state index in [9.17, 15) is 4.39 Å². The van der Waals surface area contributed by atoms with Crippen molar-refractivity contribution in [3.05, 3.63) is 34.6 Å². The topological polar surface area (TPSA) is 26.0 Å². The van der Waals surface area contributed by atoms with Crippen molar-refractivity contribution < 1.29 is 4.39 Å². The Balaban J connectivity index is 2.03. The summed E-state index contributed by atoms with van der Waals surface area (Å²) in [5.41, 5.74) is 6.76. The number of benzene rings is 1. The predicted molar refractivity (Wildman–Crippen MR) is 78.9 cm³/mol. The van der Waals surface area contributed by atoms with E-state index in [0.29, 0.717) is 17.0 Å². The molecule has 1 nitrogen and oxygen atoms in total. The third kappa shape index (κ3) is 3.70. The van der Waals surface area contributed by atoms with E-state index in [1.54, 1.807) is 12.1 Å². The Kier molecular flexibility index (Phi) is 4.86. The Hall–Kier alpha value is -0.600. The first-order chi connectivity index (χ1) is 9.04. The van der Waals surface area contributed by atoms with Gasteiger partial charge in [0, 0.05) is 16.1 Å². The second-order valence-corrected chi connectivity index (χ2v) is 6.38. The second-order valence-electron chi connectivity index (χ2n) is 5.97. The highest BCUT2D eigenvalue weighted by atomic mass is 35.5. The van der Waals surface area contributed by atoms with Crippen molar-refractivity contribution in [2.24, 2.45) is 11.7 Å². The summed E-state index contributed by atoms with van der Waals surface area (Å²) in [6.45, 7) is 2.23. The fourth-order valence-electron chi connectivity index (χ4n) is 3.18. The normalized spacial score (nSPS) is 27.5. The van der Waals surface area contributed by atoms with Gasteiger partial charge in [-0.3, -0.25) is 0 Å². The molecule has 0 radical (unpaired) electrons. The summed E-state index contributed by atoms with van der Waals surface area (Å²) in [6, 6.07) is 4.85. The largest absolute Gasteiger partial charge is 0.325 e. The van der Waals surface area contributed by atoms with E-state index in [4.69, 9.17) is 17.3 Å². The number of halogens is 2. The fraction of sp³-hybridized carbons (Fsp3) is 0.625. The van der Waals surface area contributed by atoms with E-state index in [1.165, 1.54) is 18.9 Å². The molecule has 0 heterocycles. The van der Waals surface area contributed by atoms with Crippen molar-refractivity contribution in [3.8, 4) is 0 Å². The molecule has 0 unspecified atom stereocenters. The second kappa shape index (κ2) is 6.23. The summed E-state index contributed by atoms with van der Waals surface area (Å²) in [5, 5.41) is 0.500. The molecule has 1 aromatic rings. The van der Waals surface area contributed by atoms with Gasteiger partial charge in [0.2, 0.25) is 0 Å². The summed E-state index contributed by atoms with van der Waals surface area (Å²) in [6.07, 6.45) is 7.35. The van der Waals surface area contributed by atoms with Crippen LogP contribution in [0.1, 0.15) is 51.0 Å². The molecule has 19 heavy (non-hydrogen) atoms. The summed E-state index contributed by atoms with van der Waals surface area (Å²) < 4.78 is 13.8. The Bertz CT molecular complexity index is 405. The van der Waals surface area contributed by atoms with Crippen molar-refractivity contribution >= 4 is 11.6 Å². The maximum Gasteiger partial charge on any atom is 0.127 e. The van der Waals surface area contributed by atoms with Gasteiger partial charge in [0.1, 0.15) is 5.82 Å². The monoisotopic (exact) mass is 283 g/mol. The zero-order valence-corrected chi connectivity index (χ0v) is 12.3. The van der Waals surface area contributed by atoms with Crippen LogP contribution in [-0.4, -0.2) is 5.54 Å². The number of rotatable bonds is 4. The van der Waals surface area contributed by atoms with Crippen LogP contribution in [0.5, 0.6) is 0 Å². The van der Waals surface area contributed by atoms with Crippen LogP contribution in [0.2, 0.25) is 5.02 Å². The number of hydrogen-bond donors (Lipinski definition) is 1. The molecule has 1 fully saturated rings. The van der Waals surface area contributed by atoms with Crippen molar-refractivity contribution in [1.29, 1.82) is 0 Å². The van der Waals surface area contributed by atoms with Crippen LogP contribution in [0.3, 0.4) is 0 Å². The van der Waals surface area contributed by atoms with Gasteiger partial charge in [-0.15, -0.1) is 0 Å². The van der Waals surface area contributed by atoms with Gasteiger partial charge in [-0.05, 0) is 50.2 Å². The Labute approximate surface area is 120 Å². The molecule has 0 amide bonds. The fourth-order valence-corrected chi connectivity index (χ4v) is 3.41. The summed E-state index contributed by atoms with van der Waals surface area (Å²) in [7, 11) is 0. The smallest absolute Gasteiger partial charge is 0.127 e. The first-order valence-corrected chi connectivity index (χ1v) is 7.63. The van der Waals surface area contributed by atoms with Crippen LogP contribution in [0.15, 0.2) is 18.2 Å². The predicted octanol–water partition coefficient (Wildman–Crippen LogP) is 4.71. The highest BCUT2D eigenvalue weighted by Crippen LogP contribution is 2.36. The minimum Gasteiger partial charge on any atom is -0.325 e. The molecule has 0 saturated heterocycles. The van der Waals surface area contributed by atoms with Crippen molar-refractivity contribution in [1.82, 2.24) is 0 Å². The molecule has 106 valence electrons. The van der Waals surface area contributed by atoms with Gasteiger partial charge in [-0.1, -0.05) is 37.4 Å². The molecule has 2 N–H and O–H groups in total. The first kappa shape index (κ1) is 14.8. The van der Waals surface area contributed by atoms with Gasteiger partial charge in [0.05, 0.1) is 0 Å². The van der Waals surface area contributed by atoms with Crippen LogP contribution in [0, 0.1) is 11.7 Å². The molecular formula is C16H23ClFN. The first-order valence-electron chi connectivity index (χ1n) is 7.26. The summed E-state index contributed by atoms with van der Waals surface area (Å²) in [4.78, 5) is 0. The molecule has 0 aliphatic heterocycles. The number of hydrogen-bond acceptors (Lipinski definition) is 1. The molecule has 1 aliphatic rings. The van der Waals surface area contributed by atoms with E-state index in [2.05, 4.69) is 6.92 Å². The molecule has 0 aromatic heterocycles. The van der Waals surface area contributed by atoms with E-state index >= 15 is 0 Å². The molecule has 1 saturated carbocycles. The summed E-state index contributed by atoms with van der Waals surface area (Å²) in [5.74, 6) is 0.575. The van der Waals surface area contributed by atoms with Crippen LogP contribution < -0.4 is 5.73 Å². The third-order valence-corrected chi connectivity index (χ3v) is 4.74. The van der Waals surface area contributed by atoms with Crippen LogP contribution in [0.4, 0.5) is 4.39 Å². The van der Waals surface area contributed by atoms with Gasteiger partial charge in [0.15, 0.2) is 0 Å². The Morgan fingerprint density at radius 1 is 1.37 bits per heavy atom. The maximum atomic E-state index is 13.8. The third-order valence-electron chi connectivity index (χ3n) is 4.39. The molecule has 2 rings (SSSR count). The zero-order chi connectivity index (χ0) is 13.9. The number of nitrogens with two attached hydrogens (primary N) is 1. The average Bonchev–Trinajstić information content (AvgIpc) is 2.38. The Morgan fingerprint density at radius 2 is 2.05 bits per heavy atom. The molecule has 1 aromatic carbocycles. The molecule has 0 atom stereocenters. The molecule has 1 aliphatic carbocycles. The highest BCUT2D eigenvalue weighted by molar-refractivity contribution is 6.31. The van der Waals surface area contributed by atoms with Crippen molar-refractivity contribution in [2.45, 2.75) is 57.4 Å². The van der Waals surface area contributed by atoms with Gasteiger partial charge >= 0.3 is 0 Å². The van der Waals surface area contributed by atoms with E-state index in [-0.39, 0.29) is 11.4 Å². The van der Waals surface area contributed by atoms with E-state index < -0.39 is 0 Å². The van der Waals surface area contributed by atoms with Gasteiger partial charge in [-0.25, -0.2) is 4.39 Å². The van der Waals surface area contributed by atoms with Crippen LogP contribution in [-0.2, 0) is 6.42 Å². The van der Waals surface area contributed by atoms with Gasteiger partial charge in [-0.2, -0.15) is 0 Å². The zero-order valence-electron chi connectivity index (χ0n) is 11.6. The lowest BCUT2D eigenvalue weighted by molar-refractivity contribution is 0.222. The van der Waals surface area contributed by atoms with E-state index in [1.807, 2.05) is 0 Å². The lowest BCUT2D eigenvalue weighted by Gasteiger charge is -2.37. The van der Waals surface area contributed by atoms with Crippen LogP contribution >= 0.6 is 11.6 Å². The van der Waals surface area contributed by atoms with Gasteiger partial charge < -0.3 is 5.73 Å². The highest BCUT2D eigenvalue weighted by Gasteiger charge is 2.32. The maximum absolute atomic E-state index is 13.8. The standard InChI is InChI=1S/C16H23ClFN/c1-2-4-12-7-9-16(19,10-8-12)11-13-14(17)5-3-6-15(13)18/h3,5-6,12H,2,4,7-11,19H2,1H3. The molecule has 0 spiro atoms. The lowest BCUT2D eigenvalue weighted by atomic mass is 9.73. The lowest BCUT2D eigenvalue weighted by Crippen LogP contribution is -2.45. The van der Waals surface area contributed by atoms with Gasteiger partial charge in [0.25, 0.3) is 0 Å². The minimum absolute atomic E-state index is 0.229. The van der Waals surface area contributed by atoms with Crippen molar-refractivity contribution in [3.63, 3.8) is 0 Å². The average molecular weight is 284 g/mol. The Morgan fingerprint density at radius 3 is 2.63 bits per heavy atom. The van der Waals surface area contributed by atoms with Crippen molar-refractivity contribution in [2.75, 3.05) is 0 Å². The summed E-state index contributed by atoms with van der Waals surface area (Å²) >= 11 is 6.09. The molecular weight excluding hydrogens is 261 g/mol. The molecule has 0 bridgehead atoms. The van der Waals surface area contributed by atoms with Crippen LogP contribution in [0.25, 0.3) is 0 Å². The van der Waals surface area contributed by atoms with E-state index in [0.717, 1.165) is 31.6 Å².